The first-order chi connectivity index (χ1) is 8.45. The van der Waals surface area contributed by atoms with Crippen LogP contribution in [0, 0.1) is 6.92 Å². The highest BCUT2D eigenvalue weighted by molar-refractivity contribution is 8.00. The van der Waals surface area contributed by atoms with Crippen LogP contribution in [0.15, 0.2) is 27.9 Å². The number of aromatic amines is 1. The minimum atomic E-state index is -0.857. The lowest BCUT2D eigenvalue weighted by atomic mass is 10.1. The predicted molar refractivity (Wildman–Crippen MR) is 68.7 cm³/mol. The lowest BCUT2D eigenvalue weighted by Gasteiger charge is -2.14. The molecule has 1 aliphatic rings. The van der Waals surface area contributed by atoms with Crippen LogP contribution in [-0.4, -0.2) is 37.7 Å². The standard InChI is InChI=1S/C11H14N2O4S/c1-5-3-13(11(17)12-9(5)16)10-6(2)8(15)7(4-14)18-10/h3,7-8,10,14-15H,2,4H2,1H3,(H,12,16,17)/t7-,8?,10+/m0/s1. The van der Waals surface area contributed by atoms with Crippen LogP contribution in [0.5, 0.6) is 0 Å². The number of thioether (sulfide) groups is 1. The normalized spacial score (nSPS) is 27.7. The van der Waals surface area contributed by atoms with Gasteiger partial charge in [0, 0.05) is 11.8 Å². The topological polar surface area (TPSA) is 95.3 Å². The summed E-state index contributed by atoms with van der Waals surface area (Å²) in [5, 5.41) is 18.1. The molecular weight excluding hydrogens is 256 g/mol. The second-order valence-corrected chi connectivity index (χ2v) is 5.53. The second-order valence-electron chi connectivity index (χ2n) is 4.21. The third kappa shape index (κ3) is 2.05. The van der Waals surface area contributed by atoms with Crippen molar-refractivity contribution in [2.75, 3.05) is 6.61 Å². The van der Waals surface area contributed by atoms with Gasteiger partial charge in [-0.3, -0.25) is 14.3 Å². The Morgan fingerprint density at radius 3 is 2.78 bits per heavy atom. The van der Waals surface area contributed by atoms with Crippen LogP contribution in [0.3, 0.4) is 0 Å². The average Bonchev–Trinajstić information content (AvgIpc) is 2.61. The number of nitrogens with one attached hydrogen (secondary N) is 1. The summed E-state index contributed by atoms with van der Waals surface area (Å²) < 4.78 is 1.32. The minimum Gasteiger partial charge on any atom is -0.395 e. The van der Waals surface area contributed by atoms with Gasteiger partial charge in [0.05, 0.1) is 18.0 Å². The monoisotopic (exact) mass is 270 g/mol. The zero-order valence-corrected chi connectivity index (χ0v) is 10.6. The van der Waals surface area contributed by atoms with Gasteiger partial charge in [-0.15, -0.1) is 11.8 Å². The molecule has 0 spiro atoms. The summed E-state index contributed by atoms with van der Waals surface area (Å²) in [6.07, 6.45) is 0.584. The number of rotatable bonds is 2. The van der Waals surface area contributed by atoms with Gasteiger partial charge < -0.3 is 10.2 Å². The quantitative estimate of drug-likeness (QED) is 0.622. The molecule has 2 heterocycles. The Morgan fingerprint density at radius 1 is 1.56 bits per heavy atom. The molecule has 2 rings (SSSR count). The third-order valence-corrected chi connectivity index (χ3v) is 4.48. The van der Waals surface area contributed by atoms with E-state index in [9.17, 15) is 14.7 Å². The van der Waals surface area contributed by atoms with E-state index in [0.29, 0.717) is 11.1 Å². The summed E-state index contributed by atoms with van der Waals surface area (Å²) in [5.74, 6) is 0. The molecule has 0 aromatic carbocycles. The van der Waals surface area contributed by atoms with Gasteiger partial charge in [-0.25, -0.2) is 4.79 Å². The number of aliphatic hydroxyl groups excluding tert-OH is 2. The molecule has 1 aliphatic heterocycles. The summed E-state index contributed by atoms with van der Waals surface area (Å²) >= 11 is 1.25. The molecule has 18 heavy (non-hydrogen) atoms. The van der Waals surface area contributed by atoms with Crippen LogP contribution in [0.4, 0.5) is 0 Å². The predicted octanol–water partition coefficient (Wildman–Crippen LogP) is -0.632. The zero-order chi connectivity index (χ0) is 13.4. The molecule has 1 unspecified atom stereocenters. The van der Waals surface area contributed by atoms with Gasteiger partial charge in [-0.2, -0.15) is 0 Å². The maximum atomic E-state index is 11.7. The number of H-pyrrole nitrogens is 1. The number of aromatic nitrogens is 2. The SMILES string of the molecule is C=C1C(O)[C@H](CO)S[C@H]1n1cc(C)c(=O)[nH]c1=O. The highest BCUT2D eigenvalue weighted by Gasteiger charge is 2.38. The highest BCUT2D eigenvalue weighted by Crippen LogP contribution is 2.43. The molecule has 0 bridgehead atoms. The fraction of sp³-hybridized carbons (Fsp3) is 0.455. The molecule has 1 aromatic rings. The summed E-state index contributed by atoms with van der Waals surface area (Å²) in [6, 6.07) is 0. The van der Waals surface area contributed by atoms with Gasteiger partial charge >= 0.3 is 5.69 Å². The molecule has 6 nitrogen and oxygen atoms in total. The number of hydrogen-bond donors (Lipinski definition) is 3. The van der Waals surface area contributed by atoms with Gasteiger partial charge in [0.15, 0.2) is 0 Å². The molecule has 0 radical (unpaired) electrons. The molecule has 3 atom stereocenters. The smallest absolute Gasteiger partial charge is 0.329 e. The Kier molecular flexibility index (Phi) is 3.47. The van der Waals surface area contributed by atoms with Crippen LogP contribution in [0.1, 0.15) is 10.9 Å². The minimum absolute atomic E-state index is 0.196. The number of nitrogens with zero attached hydrogens (tertiary/aromatic N) is 1. The van der Waals surface area contributed by atoms with Crippen molar-refractivity contribution in [3.63, 3.8) is 0 Å². The molecule has 0 aliphatic carbocycles. The van der Waals surface area contributed by atoms with E-state index >= 15 is 0 Å². The van der Waals surface area contributed by atoms with Gasteiger partial charge in [0.25, 0.3) is 5.56 Å². The molecule has 0 amide bonds. The lowest BCUT2D eigenvalue weighted by molar-refractivity contribution is 0.172. The van der Waals surface area contributed by atoms with Crippen LogP contribution in [0.25, 0.3) is 0 Å². The van der Waals surface area contributed by atoms with Crippen LogP contribution >= 0.6 is 11.8 Å². The summed E-state index contributed by atoms with van der Waals surface area (Å²) in [4.78, 5) is 25.2. The number of hydrogen-bond acceptors (Lipinski definition) is 5. The van der Waals surface area contributed by atoms with Gasteiger partial charge in [-0.1, -0.05) is 6.58 Å². The lowest BCUT2D eigenvalue weighted by Crippen LogP contribution is -2.32. The molecular formula is C11H14N2O4S. The molecule has 3 N–H and O–H groups in total. The maximum Gasteiger partial charge on any atom is 0.329 e. The van der Waals surface area contributed by atoms with E-state index in [1.165, 1.54) is 22.5 Å². The maximum absolute atomic E-state index is 11.7. The van der Waals surface area contributed by atoms with Crippen molar-refractivity contribution in [2.24, 2.45) is 0 Å². The zero-order valence-electron chi connectivity index (χ0n) is 9.79. The average molecular weight is 270 g/mol. The van der Waals surface area contributed by atoms with Crippen molar-refractivity contribution in [3.05, 3.63) is 44.8 Å². The summed E-state index contributed by atoms with van der Waals surface area (Å²) in [5.41, 5.74) is -0.114. The first-order valence-electron chi connectivity index (χ1n) is 5.41. The Bertz CT molecular complexity index is 591. The molecule has 0 saturated carbocycles. The largest absolute Gasteiger partial charge is 0.395 e. The van der Waals surface area contributed by atoms with Gasteiger partial charge in [-0.05, 0) is 12.5 Å². The Balaban J connectivity index is 2.45. The van der Waals surface area contributed by atoms with Crippen LogP contribution in [-0.2, 0) is 0 Å². The fourth-order valence-electron chi connectivity index (χ4n) is 1.86. The van der Waals surface area contributed by atoms with Crippen molar-refractivity contribution < 1.29 is 10.2 Å². The van der Waals surface area contributed by atoms with Gasteiger partial charge in [0.2, 0.25) is 0 Å². The van der Waals surface area contributed by atoms with Crippen molar-refractivity contribution in [3.8, 4) is 0 Å². The van der Waals surface area contributed by atoms with E-state index in [1.54, 1.807) is 6.92 Å². The van der Waals surface area contributed by atoms with Crippen LogP contribution in [0.2, 0.25) is 0 Å². The van der Waals surface area contributed by atoms with E-state index in [4.69, 9.17) is 5.11 Å². The Hall–Kier alpha value is -1.31. The van der Waals surface area contributed by atoms with E-state index in [0.717, 1.165) is 0 Å². The first kappa shape index (κ1) is 13.1. The molecule has 7 heteroatoms. The number of aliphatic hydroxyl groups is 2. The van der Waals surface area contributed by atoms with Crippen molar-refractivity contribution in [1.29, 1.82) is 0 Å². The number of aryl methyl sites for hydroxylation is 1. The third-order valence-electron chi connectivity index (χ3n) is 2.93. The van der Waals surface area contributed by atoms with E-state index < -0.39 is 28.0 Å². The van der Waals surface area contributed by atoms with E-state index in [2.05, 4.69) is 11.6 Å². The summed E-state index contributed by atoms with van der Waals surface area (Å²) in [6.45, 7) is 5.15. The first-order valence-corrected chi connectivity index (χ1v) is 6.35. The summed E-state index contributed by atoms with van der Waals surface area (Å²) in [7, 11) is 0. The fourth-order valence-corrected chi connectivity index (χ4v) is 3.20. The molecule has 98 valence electrons. The van der Waals surface area contributed by atoms with Gasteiger partial charge in [0.1, 0.15) is 5.37 Å². The highest BCUT2D eigenvalue weighted by atomic mass is 32.2. The second kappa shape index (κ2) is 4.75. The van der Waals surface area contributed by atoms with Crippen LogP contribution < -0.4 is 11.2 Å². The Labute approximate surface area is 107 Å². The van der Waals surface area contributed by atoms with E-state index in [-0.39, 0.29) is 6.61 Å². The van der Waals surface area contributed by atoms with E-state index in [1.807, 2.05) is 0 Å². The van der Waals surface area contributed by atoms with Crippen molar-refractivity contribution in [1.82, 2.24) is 9.55 Å². The molecule has 1 aromatic heterocycles. The molecule has 1 saturated heterocycles. The Morgan fingerprint density at radius 2 is 2.22 bits per heavy atom. The van der Waals surface area contributed by atoms with Crippen molar-refractivity contribution in [2.45, 2.75) is 23.7 Å². The van der Waals surface area contributed by atoms with Crippen molar-refractivity contribution >= 4 is 11.8 Å². The molecule has 1 fully saturated rings.